The minimum absolute atomic E-state index is 0.111. The molecule has 1 aliphatic heterocycles. The summed E-state index contributed by atoms with van der Waals surface area (Å²) in [5.41, 5.74) is 2.07. The van der Waals surface area contributed by atoms with Crippen LogP contribution in [0, 0.1) is 11.8 Å². The van der Waals surface area contributed by atoms with Crippen molar-refractivity contribution in [1.29, 1.82) is 0 Å². The Morgan fingerprint density at radius 1 is 1.50 bits per heavy atom. The molecule has 0 saturated carbocycles. The second-order valence-electron chi connectivity index (χ2n) is 4.92. The Balaban J connectivity index is 2.14. The Kier molecular flexibility index (Phi) is 5.78. The van der Waals surface area contributed by atoms with E-state index < -0.39 is 0 Å². The summed E-state index contributed by atoms with van der Waals surface area (Å²) >= 11 is 2.02. The molecule has 1 atom stereocenters. The van der Waals surface area contributed by atoms with E-state index in [1.807, 2.05) is 23.9 Å². The highest BCUT2D eigenvalue weighted by molar-refractivity contribution is 7.99. The van der Waals surface area contributed by atoms with E-state index in [4.69, 9.17) is 9.84 Å². The lowest BCUT2D eigenvalue weighted by Crippen LogP contribution is -2.31. The van der Waals surface area contributed by atoms with Gasteiger partial charge >= 0.3 is 0 Å². The molecule has 0 radical (unpaired) electrons. The van der Waals surface area contributed by atoms with Crippen LogP contribution in [0.25, 0.3) is 0 Å². The molecule has 1 aliphatic rings. The van der Waals surface area contributed by atoms with Gasteiger partial charge < -0.3 is 9.84 Å². The molecule has 4 heteroatoms. The molecule has 2 rings (SSSR count). The Morgan fingerprint density at radius 2 is 2.35 bits per heavy atom. The highest BCUT2D eigenvalue weighted by Gasteiger charge is 2.20. The van der Waals surface area contributed by atoms with Crippen molar-refractivity contribution in [2.45, 2.75) is 19.0 Å². The highest BCUT2D eigenvalue weighted by Crippen LogP contribution is 2.26. The molecule has 108 valence electrons. The van der Waals surface area contributed by atoms with E-state index >= 15 is 0 Å². The third kappa shape index (κ3) is 3.92. The van der Waals surface area contributed by atoms with Crippen LogP contribution >= 0.6 is 11.8 Å². The summed E-state index contributed by atoms with van der Waals surface area (Å²) in [7, 11) is 3.87. The second kappa shape index (κ2) is 7.58. The zero-order valence-electron chi connectivity index (χ0n) is 12.1. The minimum atomic E-state index is -0.111. The van der Waals surface area contributed by atoms with Crippen LogP contribution in [0.15, 0.2) is 18.2 Å². The van der Waals surface area contributed by atoms with Crippen LogP contribution in [0.1, 0.15) is 17.5 Å². The number of rotatable bonds is 4. The average molecular weight is 291 g/mol. The van der Waals surface area contributed by atoms with Gasteiger partial charge in [-0.05, 0) is 37.4 Å². The fourth-order valence-corrected chi connectivity index (χ4v) is 3.69. The molecule has 3 nitrogen and oxygen atoms in total. The number of aliphatic hydroxyl groups excluding tert-OH is 1. The van der Waals surface area contributed by atoms with Crippen LogP contribution < -0.4 is 4.74 Å². The third-order valence-corrected chi connectivity index (χ3v) is 4.69. The third-order valence-electron chi connectivity index (χ3n) is 3.54. The van der Waals surface area contributed by atoms with E-state index in [2.05, 4.69) is 29.9 Å². The maximum Gasteiger partial charge on any atom is 0.123 e. The van der Waals surface area contributed by atoms with Crippen LogP contribution in [0.5, 0.6) is 5.75 Å². The molecule has 0 spiro atoms. The van der Waals surface area contributed by atoms with Gasteiger partial charge in [0.2, 0.25) is 0 Å². The van der Waals surface area contributed by atoms with Crippen molar-refractivity contribution in [1.82, 2.24) is 4.90 Å². The van der Waals surface area contributed by atoms with Crippen molar-refractivity contribution in [2.75, 3.05) is 32.3 Å². The van der Waals surface area contributed by atoms with Crippen LogP contribution in [0.3, 0.4) is 0 Å². The van der Waals surface area contributed by atoms with Gasteiger partial charge in [0.25, 0.3) is 0 Å². The van der Waals surface area contributed by atoms with Crippen molar-refractivity contribution in [3.63, 3.8) is 0 Å². The summed E-state index contributed by atoms with van der Waals surface area (Å²) in [5, 5.41) is 8.78. The zero-order valence-corrected chi connectivity index (χ0v) is 12.9. The number of hydrogen-bond acceptors (Lipinski definition) is 4. The van der Waals surface area contributed by atoms with Gasteiger partial charge in [-0.25, -0.2) is 0 Å². The van der Waals surface area contributed by atoms with Gasteiger partial charge in [-0.1, -0.05) is 11.8 Å². The van der Waals surface area contributed by atoms with Gasteiger partial charge in [-0.15, -0.1) is 0 Å². The largest absolute Gasteiger partial charge is 0.496 e. The number of hydrogen-bond donors (Lipinski definition) is 1. The molecule has 0 bridgehead atoms. The lowest BCUT2D eigenvalue weighted by atomic mass is 10.1. The molecule has 1 heterocycles. The summed E-state index contributed by atoms with van der Waals surface area (Å²) < 4.78 is 5.44. The first-order chi connectivity index (χ1) is 9.74. The summed E-state index contributed by atoms with van der Waals surface area (Å²) in [6.45, 7) is 0.754. The topological polar surface area (TPSA) is 32.7 Å². The molecule has 1 unspecified atom stereocenters. The smallest absolute Gasteiger partial charge is 0.123 e. The number of thioether (sulfide) groups is 1. The van der Waals surface area contributed by atoms with Crippen LogP contribution in [0.4, 0.5) is 0 Å². The lowest BCUT2D eigenvalue weighted by molar-refractivity contribution is 0.250. The quantitative estimate of drug-likeness (QED) is 0.860. The van der Waals surface area contributed by atoms with Gasteiger partial charge in [0.05, 0.1) is 7.11 Å². The first-order valence-corrected chi connectivity index (χ1v) is 7.94. The number of aliphatic hydroxyl groups is 1. The van der Waals surface area contributed by atoms with E-state index in [1.54, 1.807) is 7.11 Å². The number of benzene rings is 1. The second-order valence-corrected chi connectivity index (χ2v) is 6.07. The summed E-state index contributed by atoms with van der Waals surface area (Å²) in [5.74, 6) is 9.01. The first-order valence-electron chi connectivity index (χ1n) is 6.79. The van der Waals surface area contributed by atoms with Gasteiger partial charge in [-0.2, -0.15) is 11.8 Å². The maximum atomic E-state index is 8.78. The van der Waals surface area contributed by atoms with Crippen LogP contribution in [-0.2, 0) is 6.54 Å². The van der Waals surface area contributed by atoms with Crippen molar-refractivity contribution in [2.24, 2.45) is 0 Å². The first kappa shape index (κ1) is 15.2. The number of nitrogens with zero attached hydrogens (tertiary/aromatic N) is 1. The predicted octanol–water partition coefficient (Wildman–Crippen LogP) is 1.98. The van der Waals surface area contributed by atoms with Crippen molar-refractivity contribution < 1.29 is 9.84 Å². The van der Waals surface area contributed by atoms with Crippen LogP contribution in [-0.4, -0.2) is 48.3 Å². The zero-order chi connectivity index (χ0) is 14.4. The molecule has 20 heavy (non-hydrogen) atoms. The highest BCUT2D eigenvalue weighted by atomic mass is 32.2. The molecular formula is C16H21NO2S. The monoisotopic (exact) mass is 291 g/mol. The van der Waals surface area contributed by atoms with Gasteiger partial charge in [-0.3, -0.25) is 4.90 Å². The molecule has 1 aromatic rings. The van der Waals surface area contributed by atoms with Gasteiger partial charge in [0.1, 0.15) is 12.4 Å². The predicted molar refractivity (Wildman–Crippen MR) is 84.2 cm³/mol. The Bertz CT molecular complexity index is 501. The summed E-state index contributed by atoms with van der Waals surface area (Å²) in [6, 6.07) is 6.58. The Labute approximate surface area is 125 Å². The average Bonchev–Trinajstić information content (AvgIpc) is 2.99. The molecule has 1 saturated heterocycles. The summed E-state index contributed by atoms with van der Waals surface area (Å²) in [4.78, 5) is 2.39. The lowest BCUT2D eigenvalue weighted by Gasteiger charge is -2.24. The summed E-state index contributed by atoms with van der Waals surface area (Å²) in [6.07, 6.45) is 1.26. The fourth-order valence-electron chi connectivity index (χ4n) is 2.39. The molecule has 1 aromatic carbocycles. The Morgan fingerprint density at radius 3 is 3.00 bits per heavy atom. The molecule has 1 fully saturated rings. The molecule has 1 N–H and O–H groups in total. The van der Waals surface area contributed by atoms with E-state index in [-0.39, 0.29) is 6.61 Å². The Hall–Kier alpha value is -1.15. The van der Waals surface area contributed by atoms with E-state index in [1.165, 1.54) is 17.9 Å². The van der Waals surface area contributed by atoms with Gasteiger partial charge in [0, 0.05) is 29.5 Å². The van der Waals surface area contributed by atoms with E-state index in [0.29, 0.717) is 6.04 Å². The number of methoxy groups -OCH3 is 1. The minimum Gasteiger partial charge on any atom is -0.496 e. The van der Waals surface area contributed by atoms with Crippen LogP contribution in [0.2, 0.25) is 0 Å². The standard InChI is InChI=1S/C16H21NO2S/c1-17(15-7-9-20-12-15)11-14-10-13(4-3-8-18)5-6-16(14)19-2/h5-6,10,15,18H,7-9,11-12H2,1-2H3. The van der Waals surface area contributed by atoms with Gasteiger partial charge in [0.15, 0.2) is 0 Å². The molecular weight excluding hydrogens is 270 g/mol. The molecule has 0 amide bonds. The van der Waals surface area contributed by atoms with E-state index in [0.717, 1.165) is 23.4 Å². The van der Waals surface area contributed by atoms with Crippen molar-refractivity contribution >= 4 is 11.8 Å². The normalized spacial score (nSPS) is 17.9. The van der Waals surface area contributed by atoms with Crippen molar-refractivity contribution in [3.05, 3.63) is 29.3 Å². The number of ether oxygens (including phenoxy) is 1. The fraction of sp³-hybridized carbons (Fsp3) is 0.500. The van der Waals surface area contributed by atoms with Crippen molar-refractivity contribution in [3.8, 4) is 17.6 Å². The molecule has 0 aromatic heterocycles. The van der Waals surface area contributed by atoms with E-state index in [9.17, 15) is 0 Å². The SMILES string of the molecule is COc1ccc(C#CCO)cc1CN(C)C1CCSC1. The maximum absolute atomic E-state index is 8.78. The molecule has 0 aliphatic carbocycles.